The Labute approximate surface area is 353 Å². The van der Waals surface area contributed by atoms with Crippen LogP contribution in [0.2, 0.25) is 0 Å². The number of rotatable bonds is 9. The summed E-state index contributed by atoms with van der Waals surface area (Å²) in [5.74, 6) is -1.28. The van der Waals surface area contributed by atoms with Crippen LogP contribution in [-0.4, -0.2) is 95.8 Å². The summed E-state index contributed by atoms with van der Waals surface area (Å²) in [5.41, 5.74) is 0.515. The number of hydrogen-bond acceptors (Lipinski definition) is 12. The minimum Gasteiger partial charge on any atom is -0.497 e. The van der Waals surface area contributed by atoms with Gasteiger partial charge >= 0.3 is 6.09 Å². The van der Waals surface area contributed by atoms with Crippen molar-refractivity contribution in [3.05, 3.63) is 60.7 Å². The van der Waals surface area contributed by atoms with E-state index in [-0.39, 0.29) is 37.0 Å². The standard InChI is InChI=1S/C44H50N6O10S/c1-57-28-19-17-26(18-20-28)38-46-36-32-14-9-10-16-35(32)60-37(36)40(47-38)58-30-23-34-39(51)48-44(42(53)49-61(55,56)31-21-22-31)24-27(44)11-5-3-2-4-6-15-33(41(52)50(34)25-30)45-43(54)59-29-12-7-8-13-29/h5,9-11,14,16-20,27,29-31,33-34H,2-4,6-8,12-13,15,21-25H2,1H3,(H,45,54)(H,48,51)(H,49,53)/b11-5-/t27-,30+,33-,34-,44+/m0/s1. The van der Waals surface area contributed by atoms with E-state index in [1.807, 2.05) is 48.6 Å². The molecule has 16 nitrogen and oxygen atoms in total. The first kappa shape index (κ1) is 40.7. The van der Waals surface area contributed by atoms with E-state index in [0.29, 0.717) is 60.3 Å². The van der Waals surface area contributed by atoms with Crippen LogP contribution in [0.1, 0.15) is 83.5 Å². The Morgan fingerprint density at radius 3 is 2.48 bits per heavy atom. The highest BCUT2D eigenvalue weighted by atomic mass is 32.2. The van der Waals surface area contributed by atoms with Crippen molar-refractivity contribution in [2.75, 3.05) is 13.7 Å². The lowest BCUT2D eigenvalue weighted by Crippen LogP contribution is -2.58. The number of carbonyl (C=O) groups excluding carboxylic acids is 4. The summed E-state index contributed by atoms with van der Waals surface area (Å²) in [6, 6.07) is 12.5. The van der Waals surface area contributed by atoms with Gasteiger partial charge in [-0.3, -0.25) is 19.1 Å². The maximum Gasteiger partial charge on any atom is 0.408 e. The molecular formula is C44H50N6O10S. The average molecular weight is 855 g/mol. The monoisotopic (exact) mass is 854 g/mol. The second-order valence-corrected chi connectivity index (χ2v) is 18.8. The van der Waals surface area contributed by atoms with Crippen molar-refractivity contribution in [1.29, 1.82) is 0 Å². The second kappa shape index (κ2) is 16.6. The number of nitrogens with zero attached hydrogens (tertiary/aromatic N) is 3. The summed E-state index contributed by atoms with van der Waals surface area (Å²) in [6.07, 6.45) is 9.79. The Balaban J connectivity index is 1.05. The van der Waals surface area contributed by atoms with Gasteiger partial charge in [0.15, 0.2) is 5.82 Å². The molecule has 3 N–H and O–H groups in total. The van der Waals surface area contributed by atoms with Crippen molar-refractivity contribution >= 4 is 55.9 Å². The Morgan fingerprint density at radius 2 is 1.70 bits per heavy atom. The second-order valence-electron chi connectivity index (χ2n) is 16.9. The molecule has 0 bridgehead atoms. The number of carbonyl (C=O) groups is 4. The van der Waals surface area contributed by atoms with Crippen molar-refractivity contribution in [3.63, 3.8) is 0 Å². The van der Waals surface area contributed by atoms with Crippen LogP contribution in [0.5, 0.6) is 11.6 Å². The molecule has 322 valence electrons. The van der Waals surface area contributed by atoms with Gasteiger partial charge in [0.25, 0.3) is 11.8 Å². The molecule has 5 atom stereocenters. The number of benzene rings is 2. The molecule has 4 heterocycles. The molecule has 4 amide bonds. The Hall–Kier alpha value is -5.71. The van der Waals surface area contributed by atoms with Crippen molar-refractivity contribution < 1.29 is 46.2 Å². The number of methoxy groups -OCH3 is 1. The van der Waals surface area contributed by atoms with Gasteiger partial charge in [0, 0.05) is 23.3 Å². The quantitative estimate of drug-likeness (QED) is 0.180. The third-order valence-corrected chi connectivity index (χ3v) is 14.3. The lowest BCUT2D eigenvalue weighted by atomic mass is 10.0. The van der Waals surface area contributed by atoms with E-state index >= 15 is 0 Å². The first-order chi connectivity index (χ1) is 29.5. The zero-order valence-corrected chi connectivity index (χ0v) is 34.8. The molecule has 9 rings (SSSR count). The summed E-state index contributed by atoms with van der Waals surface area (Å²) in [5, 5.41) is 5.83. The Morgan fingerprint density at radius 1 is 0.934 bits per heavy atom. The third kappa shape index (κ3) is 8.48. The van der Waals surface area contributed by atoms with Crippen LogP contribution in [0.4, 0.5) is 4.79 Å². The van der Waals surface area contributed by atoms with Crippen molar-refractivity contribution in [1.82, 2.24) is 30.2 Å². The minimum absolute atomic E-state index is 0.0149. The van der Waals surface area contributed by atoms with Crippen LogP contribution in [0.25, 0.3) is 33.5 Å². The number of allylic oxidation sites excluding steroid dienone is 1. The average Bonchev–Trinajstić information content (AvgIpc) is 4.06. The zero-order valence-electron chi connectivity index (χ0n) is 34.0. The van der Waals surface area contributed by atoms with E-state index in [1.165, 1.54) is 4.90 Å². The van der Waals surface area contributed by atoms with Crippen LogP contribution in [0.15, 0.2) is 65.1 Å². The number of amides is 4. The van der Waals surface area contributed by atoms with Crippen LogP contribution >= 0.6 is 0 Å². The van der Waals surface area contributed by atoms with E-state index in [1.54, 1.807) is 19.2 Å². The summed E-state index contributed by atoms with van der Waals surface area (Å²) >= 11 is 0. The molecule has 4 fully saturated rings. The molecule has 3 aliphatic carbocycles. The molecule has 0 spiro atoms. The number of sulfonamides is 1. The normalized spacial score (nSPS) is 26.7. The van der Waals surface area contributed by atoms with E-state index in [0.717, 1.165) is 43.9 Å². The number of fused-ring (bicyclic) bond motifs is 5. The summed E-state index contributed by atoms with van der Waals surface area (Å²) in [6.45, 7) is -0.0745. The topological polar surface area (TPSA) is 208 Å². The van der Waals surface area contributed by atoms with Gasteiger partial charge in [0.1, 0.15) is 46.7 Å². The predicted molar refractivity (Wildman–Crippen MR) is 223 cm³/mol. The van der Waals surface area contributed by atoms with Crippen LogP contribution in [0, 0.1) is 5.92 Å². The highest BCUT2D eigenvalue weighted by Gasteiger charge is 2.62. The predicted octanol–water partition coefficient (Wildman–Crippen LogP) is 5.44. The minimum atomic E-state index is -3.92. The molecular weight excluding hydrogens is 805 g/mol. The molecule has 0 radical (unpaired) electrons. The summed E-state index contributed by atoms with van der Waals surface area (Å²) in [4.78, 5) is 67.6. The Kier molecular flexibility index (Phi) is 11.1. The highest BCUT2D eigenvalue weighted by molar-refractivity contribution is 7.91. The number of nitrogens with one attached hydrogen (secondary N) is 3. The van der Waals surface area contributed by atoms with Gasteiger partial charge in [-0.15, -0.1) is 0 Å². The van der Waals surface area contributed by atoms with Gasteiger partial charge in [-0.2, -0.15) is 4.98 Å². The van der Waals surface area contributed by atoms with Crippen molar-refractivity contribution in [2.45, 2.75) is 119 Å². The lowest BCUT2D eigenvalue weighted by Gasteiger charge is -2.30. The van der Waals surface area contributed by atoms with Crippen LogP contribution in [0.3, 0.4) is 0 Å². The number of aromatic nitrogens is 2. The fraction of sp³-hybridized carbons (Fsp3) is 0.500. The molecule has 4 aromatic rings. The van der Waals surface area contributed by atoms with Gasteiger partial charge in [-0.05, 0) is 101 Å². The number of ether oxygens (including phenoxy) is 3. The van der Waals surface area contributed by atoms with Gasteiger partial charge < -0.3 is 34.2 Å². The molecule has 2 aromatic heterocycles. The summed E-state index contributed by atoms with van der Waals surface area (Å²) in [7, 11) is -2.34. The number of hydrogen-bond donors (Lipinski definition) is 3. The smallest absolute Gasteiger partial charge is 0.408 e. The van der Waals surface area contributed by atoms with Gasteiger partial charge in [-0.25, -0.2) is 18.2 Å². The molecule has 17 heteroatoms. The molecule has 1 saturated heterocycles. The molecule has 2 aromatic carbocycles. The Bertz CT molecular complexity index is 2480. The van der Waals surface area contributed by atoms with Crippen LogP contribution in [-0.2, 0) is 29.1 Å². The first-order valence-corrected chi connectivity index (χ1v) is 22.9. The van der Waals surface area contributed by atoms with Crippen LogP contribution < -0.4 is 24.8 Å². The number of para-hydroxylation sites is 1. The SMILES string of the molecule is COc1ccc(-c2nc(O[C@@H]3C[C@H]4C(=O)N[C@]5(C(=O)NS(=O)(=O)C6CC6)C[C@@H]5/C=C\CCCCC[C@H](NC(=O)OC5CCCC5)C(=O)N4C3)c3oc4ccccc4c3n2)cc1. The molecule has 2 aliphatic heterocycles. The molecule has 3 saturated carbocycles. The number of furan rings is 1. The molecule has 0 unspecified atom stereocenters. The van der Waals surface area contributed by atoms with Crippen molar-refractivity contribution in [3.8, 4) is 23.0 Å². The molecule has 5 aliphatic rings. The highest BCUT2D eigenvalue weighted by Crippen LogP contribution is 2.46. The van der Waals surface area contributed by atoms with E-state index in [4.69, 9.17) is 28.6 Å². The third-order valence-electron chi connectivity index (χ3n) is 12.5. The first-order valence-electron chi connectivity index (χ1n) is 21.3. The zero-order chi connectivity index (χ0) is 42.3. The maximum absolute atomic E-state index is 14.8. The van der Waals surface area contributed by atoms with E-state index < -0.39 is 68.7 Å². The molecule has 61 heavy (non-hydrogen) atoms. The lowest BCUT2D eigenvalue weighted by molar-refractivity contribution is -0.141. The van der Waals surface area contributed by atoms with Gasteiger partial charge in [0.2, 0.25) is 27.4 Å². The van der Waals surface area contributed by atoms with E-state index in [2.05, 4.69) is 15.4 Å². The van der Waals surface area contributed by atoms with Crippen molar-refractivity contribution in [2.24, 2.45) is 5.92 Å². The maximum atomic E-state index is 14.8. The van der Waals surface area contributed by atoms with E-state index in [9.17, 15) is 27.6 Å². The number of alkyl carbamates (subject to hydrolysis) is 1. The largest absolute Gasteiger partial charge is 0.497 e. The fourth-order valence-electron chi connectivity index (χ4n) is 8.85. The summed E-state index contributed by atoms with van der Waals surface area (Å²) < 4.78 is 52.1. The van der Waals surface area contributed by atoms with Gasteiger partial charge in [0.05, 0.1) is 18.9 Å². The fourth-order valence-corrected chi connectivity index (χ4v) is 10.2. The van der Waals surface area contributed by atoms with Gasteiger partial charge in [-0.1, -0.05) is 37.1 Å².